The van der Waals surface area contributed by atoms with Gasteiger partial charge in [-0.05, 0) is 50.4 Å². The molecule has 2 aromatic rings. The number of rotatable bonds is 9. The smallest absolute Gasteiger partial charge is 0.238 e. The molecule has 0 saturated heterocycles. The molecule has 0 heterocycles. The number of nitrogens with one attached hydrogen (secondary N) is 1. The van der Waals surface area contributed by atoms with Gasteiger partial charge in [-0.1, -0.05) is 23.7 Å². The molecule has 5 nitrogen and oxygen atoms in total. The summed E-state index contributed by atoms with van der Waals surface area (Å²) >= 11 is 6.03. The summed E-state index contributed by atoms with van der Waals surface area (Å²) in [6, 6.07) is 14.7. The number of ether oxygens (including phenoxy) is 2. The highest BCUT2D eigenvalue weighted by Crippen LogP contribution is 2.20. The minimum absolute atomic E-state index is 0.114. The minimum atomic E-state index is -0.114. The zero-order chi connectivity index (χ0) is 18.1. The van der Waals surface area contributed by atoms with Crippen LogP contribution in [0, 0.1) is 0 Å². The lowest BCUT2D eigenvalue weighted by Crippen LogP contribution is -2.33. The molecule has 0 aliphatic heterocycles. The van der Waals surface area contributed by atoms with E-state index in [1.165, 1.54) is 0 Å². The van der Waals surface area contributed by atoms with E-state index in [1.54, 1.807) is 12.1 Å². The van der Waals surface area contributed by atoms with Crippen LogP contribution >= 0.6 is 11.6 Å². The van der Waals surface area contributed by atoms with Gasteiger partial charge in [0.25, 0.3) is 0 Å². The Bertz CT molecular complexity index is 677. The monoisotopic (exact) mass is 362 g/mol. The fourth-order valence-corrected chi connectivity index (χ4v) is 2.38. The van der Waals surface area contributed by atoms with Crippen LogP contribution in [0.3, 0.4) is 0 Å². The zero-order valence-corrected chi connectivity index (χ0v) is 15.3. The molecule has 6 heteroatoms. The van der Waals surface area contributed by atoms with E-state index < -0.39 is 0 Å². The zero-order valence-electron chi connectivity index (χ0n) is 14.5. The van der Waals surface area contributed by atoms with Crippen molar-refractivity contribution < 1.29 is 14.3 Å². The standard InChI is InChI=1S/C19H23ClN2O3/c1-3-24-15-8-10-16(11-9-15)25-13-12-22(2)14-19(23)21-18-7-5-4-6-17(18)20/h4-11H,3,12-14H2,1-2H3,(H,21,23). The Balaban J connectivity index is 1.70. The van der Waals surface area contributed by atoms with Crippen molar-refractivity contribution in [3.8, 4) is 11.5 Å². The molecule has 0 atom stereocenters. The third-order valence-electron chi connectivity index (χ3n) is 3.44. The first-order chi connectivity index (χ1) is 12.1. The molecule has 0 aliphatic rings. The first kappa shape index (κ1) is 19.1. The van der Waals surface area contributed by atoms with Crippen molar-refractivity contribution in [2.75, 3.05) is 38.7 Å². The number of likely N-dealkylation sites (N-methyl/N-ethyl adjacent to an activating group) is 1. The fraction of sp³-hybridized carbons (Fsp3) is 0.316. The Hall–Kier alpha value is -2.24. The molecule has 2 rings (SSSR count). The van der Waals surface area contributed by atoms with Crippen LogP contribution in [-0.4, -0.2) is 44.2 Å². The lowest BCUT2D eigenvalue weighted by molar-refractivity contribution is -0.117. The van der Waals surface area contributed by atoms with Gasteiger partial charge in [0.05, 0.1) is 23.9 Å². The number of anilines is 1. The number of hydrogen-bond acceptors (Lipinski definition) is 4. The van der Waals surface area contributed by atoms with Crippen LogP contribution < -0.4 is 14.8 Å². The maximum Gasteiger partial charge on any atom is 0.238 e. The van der Waals surface area contributed by atoms with Gasteiger partial charge in [0, 0.05) is 6.54 Å². The Labute approximate surface area is 153 Å². The second-order valence-corrected chi connectivity index (χ2v) is 5.93. The normalized spacial score (nSPS) is 10.6. The Morgan fingerprint density at radius 1 is 1.08 bits per heavy atom. The molecule has 0 bridgehead atoms. The topological polar surface area (TPSA) is 50.8 Å². The number of para-hydroxylation sites is 1. The van der Waals surface area contributed by atoms with E-state index in [-0.39, 0.29) is 12.5 Å². The van der Waals surface area contributed by atoms with E-state index in [0.29, 0.717) is 30.5 Å². The highest BCUT2D eigenvalue weighted by molar-refractivity contribution is 6.33. The van der Waals surface area contributed by atoms with E-state index in [1.807, 2.05) is 55.3 Å². The van der Waals surface area contributed by atoms with Crippen molar-refractivity contribution in [1.29, 1.82) is 0 Å². The second kappa shape index (κ2) is 9.91. The molecule has 0 saturated carbocycles. The fourth-order valence-electron chi connectivity index (χ4n) is 2.19. The molecule has 25 heavy (non-hydrogen) atoms. The van der Waals surface area contributed by atoms with Crippen LogP contribution in [0.4, 0.5) is 5.69 Å². The Morgan fingerprint density at radius 3 is 2.36 bits per heavy atom. The lowest BCUT2D eigenvalue weighted by atomic mass is 10.3. The molecule has 0 radical (unpaired) electrons. The molecule has 0 aromatic heterocycles. The van der Waals surface area contributed by atoms with Crippen molar-refractivity contribution in [1.82, 2.24) is 4.90 Å². The first-order valence-electron chi connectivity index (χ1n) is 8.17. The maximum absolute atomic E-state index is 12.0. The summed E-state index contributed by atoms with van der Waals surface area (Å²) in [5.74, 6) is 1.48. The number of amides is 1. The van der Waals surface area contributed by atoms with Crippen LogP contribution in [0.2, 0.25) is 5.02 Å². The van der Waals surface area contributed by atoms with Crippen molar-refractivity contribution in [2.24, 2.45) is 0 Å². The van der Waals surface area contributed by atoms with E-state index in [4.69, 9.17) is 21.1 Å². The van der Waals surface area contributed by atoms with Crippen molar-refractivity contribution in [2.45, 2.75) is 6.92 Å². The van der Waals surface area contributed by atoms with Crippen LogP contribution in [0.5, 0.6) is 11.5 Å². The summed E-state index contributed by atoms with van der Waals surface area (Å²) < 4.78 is 11.1. The van der Waals surface area contributed by atoms with Crippen LogP contribution in [0.1, 0.15) is 6.92 Å². The van der Waals surface area contributed by atoms with E-state index in [2.05, 4.69) is 5.32 Å². The van der Waals surface area contributed by atoms with Crippen molar-refractivity contribution >= 4 is 23.2 Å². The highest BCUT2D eigenvalue weighted by atomic mass is 35.5. The van der Waals surface area contributed by atoms with Crippen molar-refractivity contribution in [3.05, 3.63) is 53.6 Å². The average Bonchev–Trinajstić information content (AvgIpc) is 2.59. The van der Waals surface area contributed by atoms with Gasteiger partial charge in [-0.15, -0.1) is 0 Å². The molecule has 2 aromatic carbocycles. The average molecular weight is 363 g/mol. The molecule has 1 amide bonds. The van der Waals surface area contributed by atoms with Gasteiger partial charge in [-0.2, -0.15) is 0 Å². The SMILES string of the molecule is CCOc1ccc(OCCN(C)CC(=O)Nc2ccccc2Cl)cc1. The van der Waals surface area contributed by atoms with Gasteiger partial charge < -0.3 is 14.8 Å². The van der Waals surface area contributed by atoms with E-state index >= 15 is 0 Å². The van der Waals surface area contributed by atoms with Crippen LogP contribution in [0.25, 0.3) is 0 Å². The molecular formula is C19H23ClN2O3. The highest BCUT2D eigenvalue weighted by Gasteiger charge is 2.08. The molecule has 0 fully saturated rings. The predicted molar refractivity (Wildman–Crippen MR) is 101 cm³/mol. The molecule has 134 valence electrons. The van der Waals surface area contributed by atoms with E-state index in [0.717, 1.165) is 11.5 Å². The Kier molecular flexibility index (Phi) is 7.57. The van der Waals surface area contributed by atoms with Gasteiger partial charge in [-0.3, -0.25) is 9.69 Å². The third-order valence-corrected chi connectivity index (χ3v) is 3.77. The number of carbonyl (C=O) groups is 1. The molecule has 1 N–H and O–H groups in total. The molecule has 0 spiro atoms. The first-order valence-corrected chi connectivity index (χ1v) is 8.55. The summed E-state index contributed by atoms with van der Waals surface area (Å²) in [5.41, 5.74) is 0.619. The summed E-state index contributed by atoms with van der Waals surface area (Å²) in [7, 11) is 1.87. The van der Waals surface area contributed by atoms with Gasteiger partial charge >= 0.3 is 0 Å². The van der Waals surface area contributed by atoms with Gasteiger partial charge in [-0.25, -0.2) is 0 Å². The lowest BCUT2D eigenvalue weighted by Gasteiger charge is -2.17. The van der Waals surface area contributed by atoms with Crippen molar-refractivity contribution in [3.63, 3.8) is 0 Å². The molecule has 0 aliphatic carbocycles. The maximum atomic E-state index is 12.0. The minimum Gasteiger partial charge on any atom is -0.494 e. The number of carbonyl (C=O) groups excluding carboxylic acids is 1. The van der Waals surface area contributed by atoms with Gasteiger partial charge in [0.1, 0.15) is 18.1 Å². The summed E-state index contributed by atoms with van der Waals surface area (Å²) in [6.45, 7) is 3.97. The largest absolute Gasteiger partial charge is 0.494 e. The summed E-state index contributed by atoms with van der Waals surface area (Å²) in [5, 5.41) is 3.33. The van der Waals surface area contributed by atoms with Gasteiger partial charge in [0.15, 0.2) is 0 Å². The Morgan fingerprint density at radius 2 is 1.72 bits per heavy atom. The predicted octanol–water partition coefficient (Wildman–Crippen LogP) is 3.69. The molecule has 0 unspecified atom stereocenters. The van der Waals surface area contributed by atoms with Crippen LogP contribution in [-0.2, 0) is 4.79 Å². The second-order valence-electron chi connectivity index (χ2n) is 5.52. The number of nitrogens with zero attached hydrogens (tertiary/aromatic N) is 1. The third kappa shape index (κ3) is 6.64. The molecular weight excluding hydrogens is 340 g/mol. The number of benzene rings is 2. The quantitative estimate of drug-likeness (QED) is 0.739. The number of halogens is 1. The van der Waals surface area contributed by atoms with Gasteiger partial charge in [0.2, 0.25) is 5.91 Å². The summed E-state index contributed by atoms with van der Waals surface area (Å²) in [4.78, 5) is 13.9. The summed E-state index contributed by atoms with van der Waals surface area (Å²) in [6.07, 6.45) is 0. The number of hydrogen-bond donors (Lipinski definition) is 1. The van der Waals surface area contributed by atoms with E-state index in [9.17, 15) is 4.79 Å². The van der Waals surface area contributed by atoms with Crippen LogP contribution in [0.15, 0.2) is 48.5 Å².